The maximum Gasteiger partial charge on any atom is 0.268 e. The molecule has 2 heterocycles. The minimum Gasteiger partial charge on any atom is -0.370 e. The van der Waals surface area contributed by atoms with Gasteiger partial charge in [0.05, 0.1) is 11.9 Å². The molecule has 7 heteroatoms. The average molecular weight is 344 g/mol. The Bertz CT molecular complexity index is 849. The Labute approximate surface area is 145 Å². The van der Waals surface area contributed by atoms with Crippen molar-refractivity contribution in [2.24, 2.45) is 13.0 Å². The maximum atomic E-state index is 13.3. The molecule has 1 aliphatic heterocycles. The number of nitrogens with one attached hydrogen (secondary N) is 1. The molecule has 0 unspecified atom stereocenters. The summed E-state index contributed by atoms with van der Waals surface area (Å²) in [6.07, 6.45) is 2.59. The highest BCUT2D eigenvalue weighted by atomic mass is 19.1. The fourth-order valence-corrected chi connectivity index (χ4v) is 3.04. The molecular weight excluding hydrogens is 323 g/mol. The van der Waals surface area contributed by atoms with Gasteiger partial charge < -0.3 is 10.2 Å². The van der Waals surface area contributed by atoms with Crippen LogP contribution in [0.25, 0.3) is 0 Å². The number of anilines is 1. The standard InChI is InChI=1S/C18H21FN4O2/c1-12-3-4-14(19)7-16(12)18(25)20-9-13-5-6-23(11-13)15-8-17(24)22(2)21-10-15/h3-4,7-8,10,13H,5-6,9,11H2,1-2H3,(H,20,25)/t13-/m0/s1. The van der Waals surface area contributed by atoms with Crippen LogP contribution in [0.3, 0.4) is 0 Å². The summed E-state index contributed by atoms with van der Waals surface area (Å²) in [6, 6.07) is 5.78. The van der Waals surface area contributed by atoms with Gasteiger partial charge in [0.2, 0.25) is 0 Å². The molecule has 1 aromatic heterocycles. The number of aromatic nitrogens is 2. The molecule has 3 rings (SSSR count). The Morgan fingerprint density at radius 1 is 1.40 bits per heavy atom. The van der Waals surface area contributed by atoms with Crippen LogP contribution in [0.1, 0.15) is 22.3 Å². The van der Waals surface area contributed by atoms with Crippen LogP contribution in [0, 0.1) is 18.7 Å². The molecule has 6 nitrogen and oxygen atoms in total. The van der Waals surface area contributed by atoms with Gasteiger partial charge in [0.15, 0.2) is 0 Å². The van der Waals surface area contributed by atoms with Crippen molar-refractivity contribution in [2.45, 2.75) is 13.3 Å². The molecule has 0 bridgehead atoms. The summed E-state index contributed by atoms with van der Waals surface area (Å²) < 4.78 is 14.6. The van der Waals surface area contributed by atoms with Crippen LogP contribution in [0.4, 0.5) is 10.1 Å². The fraction of sp³-hybridized carbons (Fsp3) is 0.389. The van der Waals surface area contributed by atoms with Gasteiger partial charge in [-0.05, 0) is 37.0 Å². The number of carbonyl (C=O) groups excluding carboxylic acids is 1. The molecule has 25 heavy (non-hydrogen) atoms. The van der Waals surface area contributed by atoms with E-state index in [1.54, 1.807) is 32.3 Å². The maximum absolute atomic E-state index is 13.3. The zero-order valence-corrected chi connectivity index (χ0v) is 14.3. The summed E-state index contributed by atoms with van der Waals surface area (Å²) in [5.74, 6) is -0.395. The number of halogens is 1. The van der Waals surface area contributed by atoms with Crippen LogP contribution < -0.4 is 15.8 Å². The first-order valence-corrected chi connectivity index (χ1v) is 8.26. The van der Waals surface area contributed by atoms with E-state index in [1.807, 2.05) is 0 Å². The summed E-state index contributed by atoms with van der Waals surface area (Å²) in [4.78, 5) is 26.1. The Morgan fingerprint density at radius 2 is 2.20 bits per heavy atom. The summed E-state index contributed by atoms with van der Waals surface area (Å²) in [5.41, 5.74) is 1.78. The normalized spacial score (nSPS) is 16.9. The first kappa shape index (κ1) is 17.1. The monoisotopic (exact) mass is 344 g/mol. The Balaban J connectivity index is 1.58. The first-order valence-electron chi connectivity index (χ1n) is 8.26. The second-order valence-corrected chi connectivity index (χ2v) is 6.45. The van der Waals surface area contributed by atoms with Crippen LogP contribution in [0.2, 0.25) is 0 Å². The van der Waals surface area contributed by atoms with E-state index < -0.39 is 5.82 Å². The number of carbonyl (C=O) groups is 1. The average Bonchev–Trinajstić information content (AvgIpc) is 3.06. The molecule has 0 spiro atoms. The van der Waals surface area contributed by atoms with Crippen molar-refractivity contribution < 1.29 is 9.18 Å². The first-order chi connectivity index (χ1) is 11.9. The number of aryl methyl sites for hydroxylation is 2. The van der Waals surface area contributed by atoms with E-state index in [2.05, 4.69) is 15.3 Å². The van der Waals surface area contributed by atoms with Crippen LogP contribution >= 0.6 is 0 Å². The largest absolute Gasteiger partial charge is 0.370 e. The van der Waals surface area contributed by atoms with E-state index in [-0.39, 0.29) is 17.4 Å². The molecule has 1 atom stereocenters. The van der Waals surface area contributed by atoms with Crippen molar-refractivity contribution in [1.29, 1.82) is 0 Å². The quantitative estimate of drug-likeness (QED) is 0.912. The summed E-state index contributed by atoms with van der Waals surface area (Å²) >= 11 is 0. The van der Waals surface area contributed by atoms with Crippen molar-refractivity contribution >= 4 is 11.6 Å². The van der Waals surface area contributed by atoms with E-state index in [9.17, 15) is 14.0 Å². The highest BCUT2D eigenvalue weighted by Gasteiger charge is 2.24. The summed E-state index contributed by atoms with van der Waals surface area (Å²) in [7, 11) is 1.61. The minimum atomic E-state index is -0.416. The van der Waals surface area contributed by atoms with E-state index >= 15 is 0 Å². The van der Waals surface area contributed by atoms with Crippen LogP contribution in [-0.2, 0) is 7.05 Å². The molecular formula is C18H21FN4O2. The molecule has 1 N–H and O–H groups in total. The van der Waals surface area contributed by atoms with Crippen LogP contribution in [0.15, 0.2) is 35.3 Å². The van der Waals surface area contributed by atoms with Gasteiger partial charge in [0, 0.05) is 38.3 Å². The van der Waals surface area contributed by atoms with Gasteiger partial charge in [-0.2, -0.15) is 5.10 Å². The number of benzene rings is 1. The van der Waals surface area contributed by atoms with Crippen molar-refractivity contribution in [3.05, 3.63) is 57.8 Å². The van der Waals surface area contributed by atoms with E-state index in [4.69, 9.17) is 0 Å². The van der Waals surface area contributed by atoms with E-state index in [0.29, 0.717) is 12.1 Å². The molecule has 0 saturated carbocycles. The molecule has 1 aliphatic rings. The van der Waals surface area contributed by atoms with Gasteiger partial charge in [-0.15, -0.1) is 0 Å². The Hall–Kier alpha value is -2.70. The van der Waals surface area contributed by atoms with Gasteiger partial charge in [-0.25, -0.2) is 9.07 Å². The molecule has 1 amide bonds. The lowest BCUT2D eigenvalue weighted by Gasteiger charge is -2.18. The molecule has 132 valence electrons. The fourth-order valence-electron chi connectivity index (χ4n) is 3.04. The highest BCUT2D eigenvalue weighted by molar-refractivity contribution is 5.95. The third-order valence-electron chi connectivity index (χ3n) is 4.60. The lowest BCUT2D eigenvalue weighted by Crippen LogP contribution is -2.31. The van der Waals surface area contributed by atoms with Crippen LogP contribution in [-0.4, -0.2) is 35.3 Å². The molecule has 2 aromatic rings. The second kappa shape index (κ2) is 7.04. The molecule has 0 aliphatic carbocycles. The van der Waals surface area contributed by atoms with Gasteiger partial charge in [-0.3, -0.25) is 9.59 Å². The summed E-state index contributed by atoms with van der Waals surface area (Å²) in [5, 5.41) is 6.93. The van der Waals surface area contributed by atoms with E-state index in [0.717, 1.165) is 30.8 Å². The number of hydrogen-bond acceptors (Lipinski definition) is 4. The number of hydrogen-bond donors (Lipinski definition) is 1. The van der Waals surface area contributed by atoms with Gasteiger partial charge in [-0.1, -0.05) is 6.07 Å². The van der Waals surface area contributed by atoms with Crippen LogP contribution in [0.5, 0.6) is 0 Å². The summed E-state index contributed by atoms with van der Waals surface area (Å²) in [6.45, 7) is 3.86. The minimum absolute atomic E-state index is 0.143. The zero-order valence-electron chi connectivity index (χ0n) is 14.3. The molecule has 1 aromatic carbocycles. The predicted molar refractivity (Wildman–Crippen MR) is 93.3 cm³/mol. The van der Waals surface area contributed by atoms with Gasteiger partial charge >= 0.3 is 0 Å². The second-order valence-electron chi connectivity index (χ2n) is 6.45. The number of amides is 1. The van der Waals surface area contributed by atoms with Gasteiger partial charge in [0.1, 0.15) is 5.82 Å². The van der Waals surface area contributed by atoms with E-state index in [1.165, 1.54) is 16.8 Å². The third-order valence-corrected chi connectivity index (χ3v) is 4.60. The molecule has 1 fully saturated rings. The SMILES string of the molecule is Cc1ccc(F)cc1C(=O)NC[C@@H]1CCN(c2cnn(C)c(=O)c2)C1. The Kier molecular flexibility index (Phi) is 4.83. The number of nitrogens with zero attached hydrogens (tertiary/aromatic N) is 3. The topological polar surface area (TPSA) is 67.2 Å². The third kappa shape index (κ3) is 3.87. The lowest BCUT2D eigenvalue weighted by molar-refractivity contribution is 0.0947. The van der Waals surface area contributed by atoms with Crippen molar-refractivity contribution in [2.75, 3.05) is 24.5 Å². The lowest BCUT2D eigenvalue weighted by atomic mass is 10.1. The van der Waals surface area contributed by atoms with Crippen molar-refractivity contribution in [3.8, 4) is 0 Å². The van der Waals surface area contributed by atoms with Gasteiger partial charge in [0.25, 0.3) is 11.5 Å². The predicted octanol–water partition coefficient (Wildman–Crippen LogP) is 1.48. The number of rotatable bonds is 4. The zero-order chi connectivity index (χ0) is 18.0. The Morgan fingerprint density at radius 3 is 2.96 bits per heavy atom. The molecule has 0 radical (unpaired) electrons. The smallest absolute Gasteiger partial charge is 0.268 e. The highest BCUT2D eigenvalue weighted by Crippen LogP contribution is 2.21. The molecule has 1 saturated heterocycles. The van der Waals surface area contributed by atoms with Crippen molar-refractivity contribution in [3.63, 3.8) is 0 Å². The van der Waals surface area contributed by atoms with Crippen molar-refractivity contribution in [1.82, 2.24) is 15.1 Å².